The lowest BCUT2D eigenvalue weighted by Crippen LogP contribution is -2.34. The minimum Gasteiger partial charge on any atom is -0.468 e. The highest BCUT2D eigenvalue weighted by Crippen LogP contribution is 2.33. The van der Waals surface area contributed by atoms with E-state index in [1.54, 1.807) is 6.07 Å². The van der Waals surface area contributed by atoms with Gasteiger partial charge in [0, 0.05) is 0 Å². The van der Waals surface area contributed by atoms with Gasteiger partial charge < -0.3 is 10.5 Å². The molecule has 21 heavy (non-hydrogen) atoms. The van der Waals surface area contributed by atoms with Gasteiger partial charge >= 0.3 is 12.1 Å². The lowest BCUT2D eigenvalue weighted by Gasteiger charge is -2.23. The number of nitrogens with two attached hydrogens (primary N) is 1. The molecule has 0 aliphatic carbocycles. The molecular weight excluding hydrogens is 283 g/mol. The van der Waals surface area contributed by atoms with Crippen molar-refractivity contribution < 1.29 is 22.7 Å². The van der Waals surface area contributed by atoms with Crippen molar-refractivity contribution in [1.82, 2.24) is 0 Å². The third-order valence-electron chi connectivity index (χ3n) is 3.72. The predicted molar refractivity (Wildman–Crippen MR) is 73.6 cm³/mol. The summed E-state index contributed by atoms with van der Waals surface area (Å²) in [5.41, 5.74) is 5.60. The maximum atomic E-state index is 12.7. The summed E-state index contributed by atoms with van der Waals surface area (Å²) in [5, 5.41) is 0. The standard InChI is InChI=1S/C15H20F3NO2/c1-9(7-13(19)14(20)21-3)10(2)11-5-4-6-12(8-11)15(16,17)18/h4-6,8-10,13H,7,19H2,1-3H3. The van der Waals surface area contributed by atoms with E-state index in [9.17, 15) is 18.0 Å². The Bertz CT molecular complexity index is 488. The molecule has 118 valence electrons. The van der Waals surface area contributed by atoms with E-state index >= 15 is 0 Å². The van der Waals surface area contributed by atoms with E-state index in [0.29, 0.717) is 12.0 Å². The summed E-state index contributed by atoms with van der Waals surface area (Å²) in [7, 11) is 1.25. The van der Waals surface area contributed by atoms with Gasteiger partial charge in [0.25, 0.3) is 0 Å². The van der Waals surface area contributed by atoms with Gasteiger partial charge in [-0.3, -0.25) is 4.79 Å². The Balaban J connectivity index is 2.83. The van der Waals surface area contributed by atoms with Crippen molar-refractivity contribution >= 4 is 5.97 Å². The van der Waals surface area contributed by atoms with Gasteiger partial charge in [-0.15, -0.1) is 0 Å². The van der Waals surface area contributed by atoms with Crippen LogP contribution in [0.25, 0.3) is 0 Å². The summed E-state index contributed by atoms with van der Waals surface area (Å²) in [6, 6.07) is 4.46. The molecule has 1 aromatic rings. The minimum absolute atomic E-state index is 0.0532. The largest absolute Gasteiger partial charge is 0.468 e. The van der Waals surface area contributed by atoms with Crippen LogP contribution in [0.3, 0.4) is 0 Å². The van der Waals surface area contributed by atoms with Crippen LogP contribution in [0, 0.1) is 5.92 Å². The number of esters is 1. The van der Waals surface area contributed by atoms with Gasteiger partial charge in [-0.1, -0.05) is 32.0 Å². The first-order chi connectivity index (χ1) is 9.66. The summed E-state index contributed by atoms with van der Waals surface area (Å²) in [4.78, 5) is 11.3. The number of alkyl halides is 3. The van der Waals surface area contributed by atoms with Gasteiger partial charge in [0.05, 0.1) is 12.7 Å². The van der Waals surface area contributed by atoms with Crippen LogP contribution >= 0.6 is 0 Å². The zero-order valence-electron chi connectivity index (χ0n) is 12.3. The maximum absolute atomic E-state index is 12.7. The molecule has 0 saturated heterocycles. The van der Waals surface area contributed by atoms with Gasteiger partial charge in [0.2, 0.25) is 0 Å². The van der Waals surface area contributed by atoms with E-state index < -0.39 is 23.8 Å². The highest BCUT2D eigenvalue weighted by atomic mass is 19.4. The molecule has 0 spiro atoms. The van der Waals surface area contributed by atoms with E-state index in [1.165, 1.54) is 13.2 Å². The maximum Gasteiger partial charge on any atom is 0.416 e. The van der Waals surface area contributed by atoms with Crippen molar-refractivity contribution in [2.75, 3.05) is 7.11 Å². The summed E-state index contributed by atoms with van der Waals surface area (Å²) in [6.45, 7) is 3.68. The van der Waals surface area contributed by atoms with Crippen molar-refractivity contribution in [3.63, 3.8) is 0 Å². The van der Waals surface area contributed by atoms with Crippen LogP contribution < -0.4 is 5.73 Å². The molecular formula is C15H20F3NO2. The van der Waals surface area contributed by atoms with E-state index in [4.69, 9.17) is 5.73 Å². The SMILES string of the molecule is COC(=O)C(N)CC(C)C(C)c1cccc(C(F)(F)F)c1. The van der Waals surface area contributed by atoms with Gasteiger partial charge in [-0.25, -0.2) is 0 Å². The second kappa shape index (κ2) is 6.93. The second-order valence-corrected chi connectivity index (χ2v) is 5.25. The van der Waals surface area contributed by atoms with Crippen LogP contribution in [-0.4, -0.2) is 19.1 Å². The third kappa shape index (κ3) is 4.74. The van der Waals surface area contributed by atoms with Gasteiger partial charge in [-0.2, -0.15) is 13.2 Å². The molecule has 6 heteroatoms. The average Bonchev–Trinajstić information content (AvgIpc) is 2.44. The molecule has 2 N–H and O–H groups in total. The van der Waals surface area contributed by atoms with Crippen LogP contribution in [-0.2, 0) is 15.7 Å². The zero-order valence-corrected chi connectivity index (χ0v) is 12.3. The summed E-state index contributed by atoms with van der Waals surface area (Å²) >= 11 is 0. The Kier molecular flexibility index (Phi) is 5.78. The normalized spacial score (nSPS) is 16.1. The van der Waals surface area contributed by atoms with Crippen molar-refractivity contribution in [3.8, 4) is 0 Å². The molecule has 0 aliphatic heterocycles. The molecule has 0 aromatic heterocycles. The fourth-order valence-corrected chi connectivity index (χ4v) is 2.18. The summed E-state index contributed by atoms with van der Waals surface area (Å²) in [6.07, 6.45) is -4.01. The number of hydrogen-bond donors (Lipinski definition) is 1. The number of carbonyl (C=O) groups is 1. The summed E-state index contributed by atoms with van der Waals surface area (Å²) < 4.78 is 42.7. The first-order valence-corrected chi connectivity index (χ1v) is 6.67. The van der Waals surface area contributed by atoms with E-state index in [-0.39, 0.29) is 11.8 Å². The van der Waals surface area contributed by atoms with Gasteiger partial charge in [-0.05, 0) is 29.9 Å². The first-order valence-electron chi connectivity index (χ1n) is 6.67. The molecule has 0 fully saturated rings. The average molecular weight is 303 g/mol. The molecule has 0 radical (unpaired) electrons. The number of ether oxygens (including phenoxy) is 1. The van der Waals surface area contributed by atoms with E-state index in [2.05, 4.69) is 4.74 Å². The Morgan fingerprint density at radius 1 is 1.33 bits per heavy atom. The molecule has 1 rings (SSSR count). The van der Waals surface area contributed by atoms with Crippen LogP contribution in [0.4, 0.5) is 13.2 Å². The minimum atomic E-state index is -4.36. The van der Waals surface area contributed by atoms with Gasteiger partial charge in [0.1, 0.15) is 6.04 Å². The number of carbonyl (C=O) groups excluding carboxylic acids is 1. The lowest BCUT2D eigenvalue weighted by atomic mass is 9.84. The highest BCUT2D eigenvalue weighted by Gasteiger charge is 2.31. The number of methoxy groups -OCH3 is 1. The van der Waals surface area contributed by atoms with Crippen LogP contribution in [0.2, 0.25) is 0 Å². The van der Waals surface area contributed by atoms with Crippen molar-refractivity contribution in [2.45, 2.75) is 38.4 Å². The molecule has 0 heterocycles. The second-order valence-electron chi connectivity index (χ2n) is 5.25. The highest BCUT2D eigenvalue weighted by molar-refractivity contribution is 5.75. The first kappa shape index (κ1) is 17.5. The fourth-order valence-electron chi connectivity index (χ4n) is 2.18. The number of hydrogen-bond acceptors (Lipinski definition) is 3. The predicted octanol–water partition coefficient (Wildman–Crippen LogP) is 3.34. The van der Waals surface area contributed by atoms with E-state index in [0.717, 1.165) is 12.1 Å². The Hall–Kier alpha value is -1.56. The molecule has 0 aliphatic rings. The molecule has 0 amide bonds. The number of rotatable bonds is 5. The Morgan fingerprint density at radius 3 is 2.48 bits per heavy atom. The zero-order chi connectivity index (χ0) is 16.2. The molecule has 3 unspecified atom stereocenters. The Labute approximate surface area is 122 Å². The topological polar surface area (TPSA) is 52.3 Å². The molecule has 1 aromatic carbocycles. The van der Waals surface area contributed by atoms with Gasteiger partial charge in [0.15, 0.2) is 0 Å². The van der Waals surface area contributed by atoms with Crippen LogP contribution in [0.1, 0.15) is 37.3 Å². The lowest BCUT2D eigenvalue weighted by molar-refractivity contribution is -0.142. The van der Waals surface area contributed by atoms with Crippen LogP contribution in [0.15, 0.2) is 24.3 Å². The smallest absolute Gasteiger partial charge is 0.416 e. The fraction of sp³-hybridized carbons (Fsp3) is 0.533. The van der Waals surface area contributed by atoms with E-state index in [1.807, 2.05) is 13.8 Å². The molecule has 0 bridgehead atoms. The van der Waals surface area contributed by atoms with Crippen molar-refractivity contribution in [2.24, 2.45) is 11.7 Å². The molecule has 3 atom stereocenters. The number of halogens is 3. The monoisotopic (exact) mass is 303 g/mol. The van der Waals surface area contributed by atoms with Crippen molar-refractivity contribution in [3.05, 3.63) is 35.4 Å². The Morgan fingerprint density at radius 2 is 1.95 bits per heavy atom. The molecule has 0 saturated carbocycles. The molecule has 3 nitrogen and oxygen atoms in total. The van der Waals surface area contributed by atoms with Crippen LogP contribution in [0.5, 0.6) is 0 Å². The third-order valence-corrected chi connectivity index (χ3v) is 3.72. The quantitative estimate of drug-likeness (QED) is 0.849. The summed E-state index contributed by atoms with van der Waals surface area (Å²) in [5.74, 6) is -0.719. The number of benzene rings is 1. The van der Waals surface area contributed by atoms with Crippen molar-refractivity contribution in [1.29, 1.82) is 0 Å².